The van der Waals surface area contributed by atoms with Crippen molar-refractivity contribution in [3.63, 3.8) is 0 Å². The summed E-state index contributed by atoms with van der Waals surface area (Å²) in [6, 6.07) is 15.8. The SMILES string of the molecule is COc1nc2ccccc2cc1-c1noc(-c2ccccc2F)n1. The average Bonchev–Trinajstić information content (AvgIpc) is 3.10. The van der Waals surface area contributed by atoms with E-state index in [0.717, 1.165) is 10.9 Å². The van der Waals surface area contributed by atoms with Gasteiger partial charge in [0.15, 0.2) is 0 Å². The van der Waals surface area contributed by atoms with Gasteiger partial charge in [-0.1, -0.05) is 35.5 Å². The fourth-order valence-corrected chi connectivity index (χ4v) is 2.49. The van der Waals surface area contributed by atoms with Crippen LogP contribution in [0, 0.1) is 5.82 Å². The van der Waals surface area contributed by atoms with Crippen LogP contribution >= 0.6 is 0 Å². The van der Waals surface area contributed by atoms with Crippen LogP contribution in [0.2, 0.25) is 0 Å². The second-order valence-corrected chi connectivity index (χ2v) is 5.14. The molecule has 24 heavy (non-hydrogen) atoms. The highest BCUT2D eigenvalue weighted by molar-refractivity contribution is 5.84. The van der Waals surface area contributed by atoms with Gasteiger partial charge in [-0.2, -0.15) is 4.98 Å². The van der Waals surface area contributed by atoms with E-state index < -0.39 is 5.82 Å². The van der Waals surface area contributed by atoms with E-state index in [9.17, 15) is 4.39 Å². The van der Waals surface area contributed by atoms with Crippen molar-refractivity contribution in [2.24, 2.45) is 0 Å². The number of fused-ring (bicyclic) bond motifs is 1. The van der Waals surface area contributed by atoms with Gasteiger partial charge in [-0.3, -0.25) is 0 Å². The monoisotopic (exact) mass is 321 g/mol. The van der Waals surface area contributed by atoms with Crippen molar-refractivity contribution in [2.45, 2.75) is 0 Å². The number of hydrogen-bond acceptors (Lipinski definition) is 5. The summed E-state index contributed by atoms with van der Waals surface area (Å²) in [5.41, 5.74) is 1.64. The molecular weight excluding hydrogens is 309 g/mol. The van der Waals surface area contributed by atoms with Crippen molar-refractivity contribution < 1.29 is 13.7 Å². The van der Waals surface area contributed by atoms with Crippen molar-refractivity contribution in [3.8, 4) is 28.7 Å². The van der Waals surface area contributed by atoms with Crippen LogP contribution in [0.25, 0.3) is 33.7 Å². The lowest BCUT2D eigenvalue weighted by atomic mass is 10.1. The highest BCUT2D eigenvalue weighted by Gasteiger charge is 2.18. The number of aromatic nitrogens is 3. The molecule has 118 valence electrons. The van der Waals surface area contributed by atoms with Crippen LogP contribution in [0.5, 0.6) is 5.88 Å². The number of para-hydroxylation sites is 1. The maximum absolute atomic E-state index is 13.9. The van der Waals surface area contributed by atoms with Crippen molar-refractivity contribution in [2.75, 3.05) is 7.11 Å². The summed E-state index contributed by atoms with van der Waals surface area (Å²) in [5, 5.41) is 4.87. The van der Waals surface area contributed by atoms with Crippen molar-refractivity contribution in [1.29, 1.82) is 0 Å². The summed E-state index contributed by atoms with van der Waals surface area (Å²) in [5.74, 6) is 0.368. The third kappa shape index (κ3) is 2.38. The Bertz CT molecular complexity index is 1030. The van der Waals surface area contributed by atoms with E-state index in [0.29, 0.717) is 17.3 Å². The van der Waals surface area contributed by atoms with Gasteiger partial charge in [0.05, 0.1) is 23.8 Å². The Labute approximate surface area is 136 Å². The lowest BCUT2D eigenvalue weighted by Crippen LogP contribution is -1.94. The van der Waals surface area contributed by atoms with Crippen molar-refractivity contribution in [1.82, 2.24) is 15.1 Å². The molecule has 4 rings (SSSR count). The minimum absolute atomic E-state index is 0.110. The van der Waals surface area contributed by atoms with Crippen LogP contribution < -0.4 is 4.74 Å². The van der Waals surface area contributed by atoms with Crippen LogP contribution in [0.3, 0.4) is 0 Å². The van der Waals surface area contributed by atoms with E-state index in [1.807, 2.05) is 30.3 Å². The number of benzene rings is 2. The highest BCUT2D eigenvalue weighted by Crippen LogP contribution is 2.31. The number of halogens is 1. The van der Waals surface area contributed by atoms with Gasteiger partial charge in [-0.05, 0) is 24.3 Å². The van der Waals surface area contributed by atoms with E-state index in [-0.39, 0.29) is 11.5 Å². The predicted octanol–water partition coefficient (Wildman–Crippen LogP) is 4.10. The molecule has 0 spiro atoms. The number of methoxy groups -OCH3 is 1. The van der Waals surface area contributed by atoms with E-state index >= 15 is 0 Å². The van der Waals surface area contributed by atoms with E-state index in [4.69, 9.17) is 9.26 Å². The molecule has 0 aliphatic carbocycles. The molecule has 0 amide bonds. The summed E-state index contributed by atoms with van der Waals surface area (Å²) in [6.07, 6.45) is 0. The zero-order valence-electron chi connectivity index (χ0n) is 12.7. The van der Waals surface area contributed by atoms with Crippen molar-refractivity contribution in [3.05, 3.63) is 60.4 Å². The number of pyridine rings is 1. The Balaban J connectivity index is 1.85. The fraction of sp³-hybridized carbons (Fsp3) is 0.0556. The minimum atomic E-state index is -0.420. The lowest BCUT2D eigenvalue weighted by Gasteiger charge is -2.06. The Kier molecular flexibility index (Phi) is 3.42. The summed E-state index contributed by atoms with van der Waals surface area (Å²) >= 11 is 0. The molecule has 2 aromatic carbocycles. The number of ether oxygens (including phenoxy) is 1. The summed E-state index contributed by atoms with van der Waals surface area (Å²) in [7, 11) is 1.53. The normalized spacial score (nSPS) is 10.9. The zero-order valence-corrected chi connectivity index (χ0v) is 12.7. The Morgan fingerprint density at radius 3 is 2.58 bits per heavy atom. The highest BCUT2D eigenvalue weighted by atomic mass is 19.1. The van der Waals surface area contributed by atoms with Crippen LogP contribution in [0.15, 0.2) is 59.1 Å². The van der Waals surface area contributed by atoms with Gasteiger partial charge in [0, 0.05) is 5.39 Å². The smallest absolute Gasteiger partial charge is 0.261 e. The quantitative estimate of drug-likeness (QED) is 0.568. The summed E-state index contributed by atoms with van der Waals surface area (Å²) in [6.45, 7) is 0. The Morgan fingerprint density at radius 2 is 1.75 bits per heavy atom. The predicted molar refractivity (Wildman–Crippen MR) is 87.0 cm³/mol. The van der Waals surface area contributed by atoms with Gasteiger partial charge in [-0.25, -0.2) is 9.37 Å². The van der Waals surface area contributed by atoms with Gasteiger partial charge < -0.3 is 9.26 Å². The standard InChI is InChI=1S/C18H12FN3O2/c1-23-17-13(10-11-6-2-5-9-15(11)20-17)16-21-18(24-22-16)12-7-3-4-8-14(12)19/h2-10H,1H3. The zero-order chi connectivity index (χ0) is 16.5. The molecule has 2 heterocycles. The second kappa shape index (κ2) is 5.73. The first-order chi connectivity index (χ1) is 11.8. The van der Waals surface area contributed by atoms with Crippen molar-refractivity contribution >= 4 is 10.9 Å². The molecule has 0 unspecified atom stereocenters. The van der Waals surface area contributed by atoms with E-state index in [1.165, 1.54) is 13.2 Å². The molecule has 2 aromatic heterocycles. The molecule has 6 heteroatoms. The minimum Gasteiger partial charge on any atom is -0.480 e. The molecule has 5 nitrogen and oxygen atoms in total. The molecule has 0 aliphatic rings. The van der Waals surface area contributed by atoms with Crippen LogP contribution in [0.4, 0.5) is 4.39 Å². The van der Waals surface area contributed by atoms with Crippen LogP contribution in [-0.4, -0.2) is 22.2 Å². The van der Waals surface area contributed by atoms with Gasteiger partial charge in [0.1, 0.15) is 5.82 Å². The molecule has 0 N–H and O–H groups in total. The molecule has 0 bridgehead atoms. The largest absolute Gasteiger partial charge is 0.480 e. The third-order valence-corrected chi connectivity index (χ3v) is 3.65. The Hall–Kier alpha value is -3.28. The summed E-state index contributed by atoms with van der Waals surface area (Å²) < 4.78 is 24.4. The third-order valence-electron chi connectivity index (χ3n) is 3.65. The molecule has 0 fully saturated rings. The maximum Gasteiger partial charge on any atom is 0.261 e. The molecule has 0 aliphatic heterocycles. The van der Waals surface area contributed by atoms with E-state index in [1.54, 1.807) is 18.2 Å². The average molecular weight is 321 g/mol. The van der Waals surface area contributed by atoms with Gasteiger partial charge in [0.2, 0.25) is 11.7 Å². The topological polar surface area (TPSA) is 61.0 Å². The molecule has 0 saturated heterocycles. The first-order valence-corrected chi connectivity index (χ1v) is 7.29. The number of hydrogen-bond donors (Lipinski definition) is 0. The fourth-order valence-electron chi connectivity index (χ4n) is 2.49. The maximum atomic E-state index is 13.9. The lowest BCUT2D eigenvalue weighted by molar-refractivity contribution is 0.399. The van der Waals surface area contributed by atoms with Gasteiger partial charge in [-0.15, -0.1) is 0 Å². The molecule has 0 saturated carbocycles. The molecular formula is C18H12FN3O2. The first kappa shape index (κ1) is 14.3. The van der Waals surface area contributed by atoms with E-state index in [2.05, 4.69) is 15.1 Å². The molecule has 0 atom stereocenters. The Morgan fingerprint density at radius 1 is 0.958 bits per heavy atom. The van der Waals surface area contributed by atoms with Crippen LogP contribution in [-0.2, 0) is 0 Å². The summed E-state index contributed by atoms with van der Waals surface area (Å²) in [4.78, 5) is 8.74. The molecule has 4 aromatic rings. The second-order valence-electron chi connectivity index (χ2n) is 5.14. The van der Waals surface area contributed by atoms with Gasteiger partial charge in [0.25, 0.3) is 5.89 Å². The number of rotatable bonds is 3. The molecule has 0 radical (unpaired) electrons. The first-order valence-electron chi connectivity index (χ1n) is 7.29. The number of nitrogens with zero attached hydrogens (tertiary/aromatic N) is 3. The van der Waals surface area contributed by atoms with Gasteiger partial charge >= 0.3 is 0 Å². The van der Waals surface area contributed by atoms with Crippen LogP contribution in [0.1, 0.15) is 0 Å².